The van der Waals surface area contributed by atoms with Crippen molar-refractivity contribution in [3.63, 3.8) is 0 Å². The third-order valence-corrected chi connectivity index (χ3v) is 2.28. The molecule has 0 radical (unpaired) electrons. The van der Waals surface area contributed by atoms with Gasteiger partial charge in [-0.15, -0.1) is 0 Å². The summed E-state index contributed by atoms with van der Waals surface area (Å²) in [6, 6.07) is 8.96. The van der Waals surface area contributed by atoms with Crippen molar-refractivity contribution in [1.29, 1.82) is 0 Å². The average molecular weight is 207 g/mol. The minimum Gasteiger partial charge on any atom is -0.327 e. The smallest absolute Gasteiger partial charge is 0.00792 e. The highest BCUT2D eigenvalue weighted by atomic mass is 14.6. The first kappa shape index (κ1) is 14.2. The zero-order valence-electron chi connectivity index (χ0n) is 10.6. The number of aryl methyl sites for hydroxylation is 1. The van der Waals surface area contributed by atoms with E-state index in [0.29, 0.717) is 6.04 Å². The fourth-order valence-corrected chi connectivity index (χ4v) is 1.50. The van der Waals surface area contributed by atoms with Crippen LogP contribution in [0.15, 0.2) is 24.3 Å². The van der Waals surface area contributed by atoms with Crippen LogP contribution in [0.2, 0.25) is 0 Å². The van der Waals surface area contributed by atoms with E-state index in [4.69, 9.17) is 5.73 Å². The Balaban J connectivity index is 0.000000921. The maximum absolute atomic E-state index is 5.95. The van der Waals surface area contributed by atoms with Crippen LogP contribution in [0, 0.1) is 6.92 Å². The Morgan fingerprint density at radius 2 is 1.67 bits per heavy atom. The monoisotopic (exact) mass is 207 g/mol. The molecular weight excluding hydrogens is 182 g/mol. The van der Waals surface area contributed by atoms with Gasteiger partial charge in [-0.2, -0.15) is 0 Å². The molecule has 1 rings (SSSR count). The van der Waals surface area contributed by atoms with Crippen molar-refractivity contribution in [2.45, 2.75) is 53.0 Å². The standard InChI is InChI=1S/C12H19N.C2H6/c1-3-4-12(13)9-11-7-5-10(2)6-8-11;1-2/h5-8,12H,3-4,9,13H2,1-2H3;1-2H3. The lowest BCUT2D eigenvalue weighted by molar-refractivity contribution is 0.600. The molecule has 1 aromatic carbocycles. The highest BCUT2D eigenvalue weighted by Gasteiger charge is 2.01. The molecule has 0 aliphatic carbocycles. The molecule has 0 aromatic heterocycles. The first-order valence-electron chi connectivity index (χ1n) is 6.03. The highest BCUT2D eigenvalue weighted by Crippen LogP contribution is 2.07. The van der Waals surface area contributed by atoms with Crippen molar-refractivity contribution in [3.05, 3.63) is 35.4 Å². The van der Waals surface area contributed by atoms with E-state index in [1.807, 2.05) is 13.8 Å². The van der Waals surface area contributed by atoms with E-state index in [9.17, 15) is 0 Å². The molecule has 15 heavy (non-hydrogen) atoms. The molecule has 0 fully saturated rings. The maximum atomic E-state index is 5.95. The molecule has 86 valence electrons. The molecule has 1 aromatic rings. The first-order chi connectivity index (χ1) is 7.22. The van der Waals surface area contributed by atoms with E-state index < -0.39 is 0 Å². The van der Waals surface area contributed by atoms with Gasteiger partial charge in [0.05, 0.1) is 0 Å². The van der Waals surface area contributed by atoms with Crippen molar-refractivity contribution >= 4 is 0 Å². The van der Waals surface area contributed by atoms with E-state index >= 15 is 0 Å². The van der Waals surface area contributed by atoms with Crippen LogP contribution in [0.5, 0.6) is 0 Å². The number of benzene rings is 1. The van der Waals surface area contributed by atoms with Crippen LogP contribution in [0.25, 0.3) is 0 Å². The van der Waals surface area contributed by atoms with Crippen molar-refractivity contribution < 1.29 is 0 Å². The third-order valence-electron chi connectivity index (χ3n) is 2.28. The average Bonchev–Trinajstić information content (AvgIpc) is 2.25. The van der Waals surface area contributed by atoms with Crippen LogP contribution < -0.4 is 5.73 Å². The van der Waals surface area contributed by atoms with Gasteiger partial charge < -0.3 is 5.73 Å². The SMILES string of the molecule is CC.CCCC(N)Cc1ccc(C)cc1. The van der Waals surface area contributed by atoms with Crippen LogP contribution in [-0.4, -0.2) is 6.04 Å². The molecule has 0 heterocycles. The summed E-state index contributed by atoms with van der Waals surface area (Å²) in [5.74, 6) is 0. The predicted molar refractivity (Wildman–Crippen MR) is 69.1 cm³/mol. The predicted octanol–water partition coefficient (Wildman–Crippen LogP) is 3.69. The Morgan fingerprint density at radius 1 is 1.13 bits per heavy atom. The number of nitrogens with two attached hydrogens (primary N) is 1. The van der Waals surface area contributed by atoms with Crippen molar-refractivity contribution in [2.75, 3.05) is 0 Å². The quantitative estimate of drug-likeness (QED) is 0.800. The van der Waals surface area contributed by atoms with Crippen molar-refractivity contribution in [2.24, 2.45) is 5.73 Å². The summed E-state index contributed by atoms with van der Waals surface area (Å²) in [5, 5.41) is 0. The zero-order valence-corrected chi connectivity index (χ0v) is 10.6. The molecule has 1 atom stereocenters. The molecule has 0 bridgehead atoms. The lowest BCUT2D eigenvalue weighted by Crippen LogP contribution is -2.22. The van der Waals surface area contributed by atoms with E-state index in [1.165, 1.54) is 17.5 Å². The summed E-state index contributed by atoms with van der Waals surface area (Å²) in [6.45, 7) is 8.28. The summed E-state index contributed by atoms with van der Waals surface area (Å²) in [4.78, 5) is 0. The second-order valence-corrected chi connectivity index (χ2v) is 3.74. The molecule has 1 nitrogen and oxygen atoms in total. The molecule has 1 unspecified atom stereocenters. The fourth-order valence-electron chi connectivity index (χ4n) is 1.50. The molecule has 0 saturated carbocycles. The third kappa shape index (κ3) is 6.29. The molecular formula is C14H25N. The topological polar surface area (TPSA) is 26.0 Å². The Bertz CT molecular complexity index is 238. The van der Waals surface area contributed by atoms with E-state index in [-0.39, 0.29) is 0 Å². The lowest BCUT2D eigenvalue weighted by Gasteiger charge is -2.09. The lowest BCUT2D eigenvalue weighted by atomic mass is 10.0. The van der Waals surface area contributed by atoms with Gasteiger partial charge in [0.15, 0.2) is 0 Å². The van der Waals surface area contributed by atoms with Crippen molar-refractivity contribution in [1.82, 2.24) is 0 Å². The summed E-state index contributed by atoms with van der Waals surface area (Å²) < 4.78 is 0. The van der Waals surface area contributed by atoms with Gasteiger partial charge >= 0.3 is 0 Å². The largest absolute Gasteiger partial charge is 0.327 e. The van der Waals surface area contributed by atoms with Gasteiger partial charge in [-0.3, -0.25) is 0 Å². The second kappa shape index (κ2) is 8.49. The van der Waals surface area contributed by atoms with Crippen LogP contribution in [-0.2, 0) is 6.42 Å². The van der Waals surface area contributed by atoms with Gasteiger partial charge in [0, 0.05) is 6.04 Å². The van der Waals surface area contributed by atoms with Gasteiger partial charge in [0.25, 0.3) is 0 Å². The van der Waals surface area contributed by atoms with Gasteiger partial charge in [0.1, 0.15) is 0 Å². The molecule has 0 aliphatic rings. The maximum Gasteiger partial charge on any atom is 0.00792 e. The Labute approximate surface area is 94.7 Å². The van der Waals surface area contributed by atoms with E-state index in [0.717, 1.165) is 12.8 Å². The van der Waals surface area contributed by atoms with Crippen LogP contribution in [0.3, 0.4) is 0 Å². The number of hydrogen-bond donors (Lipinski definition) is 1. The number of rotatable bonds is 4. The van der Waals surface area contributed by atoms with Crippen LogP contribution >= 0.6 is 0 Å². The minimum absolute atomic E-state index is 0.327. The minimum atomic E-state index is 0.327. The first-order valence-corrected chi connectivity index (χ1v) is 6.03. The summed E-state index contributed by atoms with van der Waals surface area (Å²) in [7, 11) is 0. The molecule has 1 heteroatoms. The van der Waals surface area contributed by atoms with Gasteiger partial charge in [-0.1, -0.05) is 57.0 Å². The molecule has 0 spiro atoms. The Kier molecular flexibility index (Phi) is 8.02. The van der Waals surface area contributed by atoms with Gasteiger partial charge in [-0.05, 0) is 25.3 Å². The zero-order chi connectivity index (χ0) is 11.7. The Morgan fingerprint density at radius 3 is 2.13 bits per heavy atom. The second-order valence-electron chi connectivity index (χ2n) is 3.74. The Hall–Kier alpha value is -0.820. The molecule has 0 amide bonds. The summed E-state index contributed by atoms with van der Waals surface area (Å²) in [6.07, 6.45) is 3.30. The number of hydrogen-bond acceptors (Lipinski definition) is 1. The van der Waals surface area contributed by atoms with E-state index in [2.05, 4.69) is 38.1 Å². The van der Waals surface area contributed by atoms with Crippen LogP contribution in [0.4, 0.5) is 0 Å². The van der Waals surface area contributed by atoms with Gasteiger partial charge in [0.2, 0.25) is 0 Å². The molecule has 2 N–H and O–H groups in total. The summed E-state index contributed by atoms with van der Waals surface area (Å²) in [5.41, 5.74) is 8.62. The molecule has 0 saturated heterocycles. The summed E-state index contributed by atoms with van der Waals surface area (Å²) >= 11 is 0. The van der Waals surface area contributed by atoms with Crippen molar-refractivity contribution in [3.8, 4) is 0 Å². The fraction of sp³-hybridized carbons (Fsp3) is 0.571. The van der Waals surface area contributed by atoms with Crippen LogP contribution in [0.1, 0.15) is 44.7 Å². The van der Waals surface area contributed by atoms with Gasteiger partial charge in [-0.25, -0.2) is 0 Å². The molecule has 0 aliphatic heterocycles. The highest BCUT2D eigenvalue weighted by molar-refractivity contribution is 5.21. The van der Waals surface area contributed by atoms with E-state index in [1.54, 1.807) is 0 Å². The normalized spacial score (nSPS) is 11.5.